The van der Waals surface area contributed by atoms with Crippen LogP contribution in [0, 0.1) is 6.92 Å². The molecule has 0 bridgehead atoms. The minimum atomic E-state index is 0.576. The molecule has 0 aromatic carbocycles. The van der Waals surface area contributed by atoms with Crippen molar-refractivity contribution in [1.29, 1.82) is 0 Å². The lowest BCUT2D eigenvalue weighted by Gasteiger charge is -2.29. The van der Waals surface area contributed by atoms with Gasteiger partial charge in [-0.05, 0) is 63.5 Å². The smallest absolute Gasteiger partial charge is 0.0496 e. The van der Waals surface area contributed by atoms with E-state index in [0.717, 1.165) is 4.47 Å². The SMILES string of the molecule is Cc1c2c(n3ccc(Br)cc13)CCCC2N(C)C. The van der Waals surface area contributed by atoms with Gasteiger partial charge in [0.25, 0.3) is 0 Å². The van der Waals surface area contributed by atoms with Gasteiger partial charge in [0, 0.05) is 27.9 Å². The van der Waals surface area contributed by atoms with E-state index in [2.05, 4.69) is 64.6 Å². The van der Waals surface area contributed by atoms with Crippen LogP contribution in [0.25, 0.3) is 5.52 Å². The second-order valence-corrected chi connectivity index (χ2v) is 6.37. The number of fused-ring (bicyclic) bond motifs is 3. The van der Waals surface area contributed by atoms with Crippen LogP contribution >= 0.6 is 15.9 Å². The second kappa shape index (κ2) is 4.39. The Labute approximate surface area is 117 Å². The van der Waals surface area contributed by atoms with Crippen LogP contribution in [-0.4, -0.2) is 23.4 Å². The summed E-state index contributed by atoms with van der Waals surface area (Å²) in [6.45, 7) is 2.27. The zero-order valence-corrected chi connectivity index (χ0v) is 12.8. The molecule has 1 aliphatic rings. The van der Waals surface area contributed by atoms with Gasteiger partial charge in [-0.25, -0.2) is 0 Å². The molecule has 96 valence electrons. The maximum atomic E-state index is 3.58. The van der Waals surface area contributed by atoms with Crippen molar-refractivity contribution in [2.75, 3.05) is 14.1 Å². The lowest BCUT2D eigenvalue weighted by molar-refractivity contribution is 0.267. The van der Waals surface area contributed by atoms with Gasteiger partial charge in [0.05, 0.1) is 0 Å². The van der Waals surface area contributed by atoms with Crippen molar-refractivity contribution < 1.29 is 0 Å². The molecule has 2 aromatic rings. The van der Waals surface area contributed by atoms with Gasteiger partial charge >= 0.3 is 0 Å². The van der Waals surface area contributed by atoms with Crippen molar-refractivity contribution >= 4 is 21.4 Å². The van der Waals surface area contributed by atoms with Crippen LogP contribution in [0.5, 0.6) is 0 Å². The Morgan fingerprint density at radius 2 is 2.17 bits per heavy atom. The van der Waals surface area contributed by atoms with Crippen LogP contribution in [-0.2, 0) is 6.42 Å². The quantitative estimate of drug-likeness (QED) is 0.774. The van der Waals surface area contributed by atoms with E-state index in [0.29, 0.717) is 6.04 Å². The highest BCUT2D eigenvalue weighted by Gasteiger charge is 2.27. The van der Waals surface area contributed by atoms with Crippen LogP contribution in [0.1, 0.15) is 35.7 Å². The fourth-order valence-corrected chi connectivity index (χ4v) is 3.64. The lowest BCUT2D eigenvalue weighted by atomic mass is 9.89. The molecule has 1 unspecified atom stereocenters. The minimum Gasteiger partial charge on any atom is -0.320 e. The Morgan fingerprint density at radius 3 is 2.89 bits per heavy atom. The van der Waals surface area contributed by atoms with E-state index in [1.54, 1.807) is 5.56 Å². The predicted octanol–water partition coefficient (Wildman–Crippen LogP) is 3.95. The van der Waals surface area contributed by atoms with Gasteiger partial charge in [0.1, 0.15) is 0 Å². The van der Waals surface area contributed by atoms with Gasteiger partial charge in [-0.3, -0.25) is 0 Å². The van der Waals surface area contributed by atoms with Gasteiger partial charge in [0.15, 0.2) is 0 Å². The average molecular weight is 307 g/mol. The third-order valence-electron chi connectivity index (χ3n) is 4.15. The number of nitrogens with zero attached hydrogens (tertiary/aromatic N) is 2. The van der Waals surface area contributed by atoms with E-state index in [9.17, 15) is 0 Å². The maximum Gasteiger partial charge on any atom is 0.0496 e. The topological polar surface area (TPSA) is 7.65 Å². The third-order valence-corrected chi connectivity index (χ3v) is 4.65. The number of hydrogen-bond donors (Lipinski definition) is 0. The van der Waals surface area contributed by atoms with Crippen molar-refractivity contribution in [1.82, 2.24) is 9.30 Å². The first-order chi connectivity index (χ1) is 8.59. The van der Waals surface area contributed by atoms with E-state index in [-0.39, 0.29) is 0 Å². The molecule has 0 N–H and O–H groups in total. The Balaban J connectivity index is 2.30. The average Bonchev–Trinajstić information content (AvgIpc) is 2.63. The van der Waals surface area contributed by atoms with E-state index >= 15 is 0 Å². The Hall–Kier alpha value is -0.800. The summed E-state index contributed by atoms with van der Waals surface area (Å²) < 4.78 is 3.54. The normalized spacial score (nSPS) is 19.5. The molecule has 3 rings (SSSR count). The molecule has 2 heterocycles. The van der Waals surface area contributed by atoms with Crippen LogP contribution in [0.15, 0.2) is 22.8 Å². The maximum absolute atomic E-state index is 3.58. The van der Waals surface area contributed by atoms with Gasteiger partial charge in [-0.1, -0.05) is 15.9 Å². The van der Waals surface area contributed by atoms with Crippen LogP contribution in [0.2, 0.25) is 0 Å². The number of hydrogen-bond acceptors (Lipinski definition) is 1. The summed E-state index contributed by atoms with van der Waals surface area (Å²) in [5, 5.41) is 0. The Bertz CT molecular complexity index is 598. The summed E-state index contributed by atoms with van der Waals surface area (Å²) in [6.07, 6.45) is 5.97. The summed E-state index contributed by atoms with van der Waals surface area (Å²) >= 11 is 3.58. The number of aryl methyl sites for hydroxylation is 2. The second-order valence-electron chi connectivity index (χ2n) is 5.46. The molecule has 0 amide bonds. The molecule has 0 saturated heterocycles. The highest BCUT2D eigenvalue weighted by molar-refractivity contribution is 9.10. The van der Waals surface area contributed by atoms with Gasteiger partial charge in [0.2, 0.25) is 0 Å². The molecule has 0 fully saturated rings. The molecule has 2 nitrogen and oxygen atoms in total. The van der Waals surface area contributed by atoms with Gasteiger partial charge < -0.3 is 9.30 Å². The molecule has 1 atom stereocenters. The summed E-state index contributed by atoms with van der Waals surface area (Å²) in [4.78, 5) is 2.36. The standard InChI is InChI=1S/C15H19BrN2/c1-10-14-9-11(16)7-8-18(14)13-6-4-5-12(15(10)13)17(2)3/h7-9,12H,4-6H2,1-3H3. The molecule has 0 aliphatic heterocycles. The minimum absolute atomic E-state index is 0.576. The van der Waals surface area contributed by atoms with E-state index in [1.807, 2.05) is 0 Å². The van der Waals surface area contributed by atoms with E-state index < -0.39 is 0 Å². The highest BCUT2D eigenvalue weighted by atomic mass is 79.9. The molecular weight excluding hydrogens is 288 g/mol. The zero-order valence-electron chi connectivity index (χ0n) is 11.2. The van der Waals surface area contributed by atoms with Crippen LogP contribution in [0.4, 0.5) is 0 Å². The first-order valence-electron chi connectivity index (χ1n) is 6.55. The van der Waals surface area contributed by atoms with Gasteiger partial charge in [-0.15, -0.1) is 0 Å². The summed E-state index contributed by atoms with van der Waals surface area (Å²) in [6, 6.07) is 4.94. The van der Waals surface area contributed by atoms with Crippen molar-refractivity contribution in [3.05, 3.63) is 39.6 Å². The van der Waals surface area contributed by atoms with Crippen molar-refractivity contribution in [2.45, 2.75) is 32.2 Å². The molecular formula is C15H19BrN2. The number of rotatable bonds is 1. The molecule has 18 heavy (non-hydrogen) atoms. The molecule has 2 aromatic heterocycles. The molecule has 0 spiro atoms. The number of halogens is 1. The largest absolute Gasteiger partial charge is 0.320 e. The summed E-state index contributed by atoms with van der Waals surface area (Å²) in [7, 11) is 4.38. The first-order valence-corrected chi connectivity index (χ1v) is 7.34. The summed E-state index contributed by atoms with van der Waals surface area (Å²) in [5.74, 6) is 0. The van der Waals surface area contributed by atoms with E-state index in [1.165, 1.54) is 36.0 Å². The first kappa shape index (κ1) is 12.2. The fraction of sp³-hybridized carbons (Fsp3) is 0.467. The fourth-order valence-electron chi connectivity index (χ4n) is 3.30. The van der Waals surface area contributed by atoms with Crippen molar-refractivity contribution in [3.8, 4) is 0 Å². The number of pyridine rings is 1. The Kier molecular flexibility index (Phi) is 2.99. The van der Waals surface area contributed by atoms with Crippen molar-refractivity contribution in [3.63, 3.8) is 0 Å². The van der Waals surface area contributed by atoms with Crippen molar-refractivity contribution in [2.24, 2.45) is 0 Å². The van der Waals surface area contributed by atoms with Crippen LogP contribution < -0.4 is 0 Å². The van der Waals surface area contributed by atoms with E-state index in [4.69, 9.17) is 0 Å². The summed E-state index contributed by atoms with van der Waals surface area (Å²) in [5.41, 5.74) is 5.87. The zero-order chi connectivity index (χ0) is 12.9. The third kappa shape index (κ3) is 1.72. The van der Waals surface area contributed by atoms with Gasteiger partial charge in [-0.2, -0.15) is 0 Å². The lowest BCUT2D eigenvalue weighted by Crippen LogP contribution is -2.24. The molecule has 0 radical (unpaired) electrons. The van der Waals surface area contributed by atoms with Crippen LogP contribution in [0.3, 0.4) is 0 Å². The predicted molar refractivity (Wildman–Crippen MR) is 79.2 cm³/mol. The molecule has 1 aliphatic carbocycles. The highest BCUT2D eigenvalue weighted by Crippen LogP contribution is 2.38. The molecule has 0 saturated carbocycles. The molecule has 3 heteroatoms. The number of aromatic nitrogens is 1. The Morgan fingerprint density at radius 1 is 1.39 bits per heavy atom. The monoisotopic (exact) mass is 306 g/mol.